The van der Waals surface area contributed by atoms with Gasteiger partial charge in [-0.15, -0.1) is 0 Å². The minimum Gasteiger partial charge on any atom is -0.393 e. The number of nitrogens with one attached hydrogen (secondary N) is 4. The third-order valence-corrected chi connectivity index (χ3v) is 4.61. The number of carbonyl (C=O) groups excluding carboxylic acids is 1. The lowest BCUT2D eigenvalue weighted by molar-refractivity contribution is 0.0957. The fourth-order valence-corrected chi connectivity index (χ4v) is 3.90. The van der Waals surface area contributed by atoms with Gasteiger partial charge in [0.1, 0.15) is 17.7 Å². The van der Waals surface area contributed by atoms with Crippen LogP contribution < -0.4 is 27.2 Å². The van der Waals surface area contributed by atoms with Crippen LogP contribution >= 0.6 is 0 Å². The summed E-state index contributed by atoms with van der Waals surface area (Å²) in [6, 6.07) is 5.31. The van der Waals surface area contributed by atoms with Crippen LogP contribution in [0.1, 0.15) is 51.0 Å². The van der Waals surface area contributed by atoms with Crippen LogP contribution in [-0.2, 0) is 0 Å². The number of nitrogens with two attached hydrogens (primary N) is 1. The summed E-state index contributed by atoms with van der Waals surface area (Å²) in [5.41, 5.74) is 12.2. The van der Waals surface area contributed by atoms with Crippen LogP contribution in [0.15, 0.2) is 30.7 Å². The molecule has 0 aliphatic carbocycles. The van der Waals surface area contributed by atoms with Crippen molar-refractivity contribution in [2.75, 3.05) is 16.5 Å². The molecule has 28 heavy (non-hydrogen) atoms. The van der Waals surface area contributed by atoms with Gasteiger partial charge >= 0.3 is 0 Å². The van der Waals surface area contributed by atoms with Crippen molar-refractivity contribution in [2.45, 2.75) is 57.7 Å². The lowest BCUT2D eigenvalue weighted by atomic mass is 9.79. The molecular weight excluding hydrogens is 356 g/mol. The molecule has 6 N–H and O–H groups in total. The smallest absolute Gasteiger partial charge is 0.288 e. The van der Waals surface area contributed by atoms with Crippen molar-refractivity contribution in [3.8, 4) is 0 Å². The molecule has 1 saturated heterocycles. The number of amides is 1. The Kier molecular flexibility index (Phi) is 5.37. The number of carbonyl (C=O) groups is 1. The van der Waals surface area contributed by atoms with Crippen molar-refractivity contribution in [2.24, 2.45) is 0 Å². The number of pyridine rings is 1. The maximum atomic E-state index is 12.1. The average Bonchev–Trinajstić information content (AvgIpc) is 2.60. The molecule has 0 spiro atoms. The summed E-state index contributed by atoms with van der Waals surface area (Å²) in [5, 5.41) is 7.09. The molecule has 2 aromatic rings. The van der Waals surface area contributed by atoms with E-state index in [1.807, 2.05) is 0 Å². The zero-order valence-electron chi connectivity index (χ0n) is 16.7. The minimum atomic E-state index is -0.380. The van der Waals surface area contributed by atoms with Crippen molar-refractivity contribution in [3.05, 3.63) is 36.4 Å². The van der Waals surface area contributed by atoms with Gasteiger partial charge in [-0.1, -0.05) is 6.07 Å². The van der Waals surface area contributed by atoms with Crippen LogP contribution in [0.2, 0.25) is 0 Å². The van der Waals surface area contributed by atoms with Crippen LogP contribution in [0.5, 0.6) is 0 Å². The van der Waals surface area contributed by atoms with Crippen molar-refractivity contribution in [1.82, 2.24) is 25.7 Å². The Labute approximate surface area is 164 Å². The van der Waals surface area contributed by atoms with E-state index >= 15 is 0 Å². The van der Waals surface area contributed by atoms with Gasteiger partial charge in [0.15, 0.2) is 11.6 Å². The molecule has 0 aromatic carbocycles. The standard InChI is InChI=1S/C19H28N8O/c1-18(2)9-12(10-19(3,4)27-18)24-15-14(20)16(23-11-22-15)25-26-17(28)13-7-5-6-8-21-13/h5-8,11-12,27H,9-10,20H2,1-4H3,(H,26,28)(H2,22,23,24,25). The zero-order valence-corrected chi connectivity index (χ0v) is 16.7. The fourth-order valence-electron chi connectivity index (χ4n) is 3.90. The van der Waals surface area contributed by atoms with Crippen molar-refractivity contribution in [1.29, 1.82) is 0 Å². The number of hydrazine groups is 1. The van der Waals surface area contributed by atoms with E-state index in [2.05, 4.69) is 64.1 Å². The predicted molar refractivity (Wildman–Crippen MR) is 110 cm³/mol. The van der Waals surface area contributed by atoms with Gasteiger partial charge in [0.05, 0.1) is 0 Å². The van der Waals surface area contributed by atoms with E-state index in [9.17, 15) is 4.79 Å². The number of piperidine rings is 1. The molecule has 0 radical (unpaired) electrons. The van der Waals surface area contributed by atoms with Gasteiger partial charge in [-0.3, -0.25) is 20.6 Å². The quantitative estimate of drug-likeness (QED) is 0.495. The molecule has 0 bridgehead atoms. The summed E-state index contributed by atoms with van der Waals surface area (Å²) in [4.78, 5) is 24.5. The van der Waals surface area contributed by atoms with Gasteiger partial charge < -0.3 is 16.4 Å². The van der Waals surface area contributed by atoms with Crippen LogP contribution in [0.25, 0.3) is 0 Å². The summed E-state index contributed by atoms with van der Waals surface area (Å²) >= 11 is 0. The number of nitrogens with zero attached hydrogens (tertiary/aromatic N) is 3. The second-order valence-corrected chi connectivity index (χ2v) is 8.42. The molecule has 0 unspecified atom stereocenters. The van der Waals surface area contributed by atoms with Crippen LogP contribution in [-0.4, -0.2) is 38.0 Å². The first kappa shape index (κ1) is 19.8. The molecule has 1 amide bonds. The van der Waals surface area contributed by atoms with E-state index in [0.717, 1.165) is 12.8 Å². The monoisotopic (exact) mass is 384 g/mol. The summed E-state index contributed by atoms with van der Waals surface area (Å²) in [6.45, 7) is 8.75. The summed E-state index contributed by atoms with van der Waals surface area (Å²) in [5.74, 6) is 0.493. The van der Waals surface area contributed by atoms with Gasteiger partial charge in [-0.05, 0) is 52.7 Å². The maximum Gasteiger partial charge on any atom is 0.288 e. The molecule has 9 heteroatoms. The highest BCUT2D eigenvalue weighted by Gasteiger charge is 2.37. The normalized spacial score (nSPS) is 18.3. The molecule has 9 nitrogen and oxygen atoms in total. The Morgan fingerprint density at radius 1 is 1.11 bits per heavy atom. The molecule has 0 atom stereocenters. The molecule has 3 rings (SSSR count). The van der Waals surface area contributed by atoms with E-state index in [0.29, 0.717) is 23.0 Å². The molecular formula is C19H28N8O. The number of aromatic nitrogens is 3. The Balaban J connectivity index is 1.68. The second kappa shape index (κ2) is 7.59. The zero-order chi connectivity index (χ0) is 20.4. The molecule has 150 valence electrons. The van der Waals surface area contributed by atoms with E-state index < -0.39 is 0 Å². The largest absolute Gasteiger partial charge is 0.393 e. The Bertz CT molecular complexity index is 821. The summed E-state index contributed by atoms with van der Waals surface area (Å²) in [7, 11) is 0. The maximum absolute atomic E-state index is 12.1. The van der Waals surface area contributed by atoms with E-state index in [1.54, 1.807) is 24.4 Å². The van der Waals surface area contributed by atoms with Gasteiger partial charge in [-0.2, -0.15) is 0 Å². The number of nitrogen functional groups attached to an aromatic ring is 1. The molecule has 1 aliphatic heterocycles. The first-order chi connectivity index (χ1) is 13.2. The Hall–Kier alpha value is -2.94. The third kappa shape index (κ3) is 4.86. The number of rotatable bonds is 5. The highest BCUT2D eigenvalue weighted by molar-refractivity contribution is 5.93. The van der Waals surface area contributed by atoms with Crippen molar-refractivity contribution in [3.63, 3.8) is 0 Å². The highest BCUT2D eigenvalue weighted by Crippen LogP contribution is 2.32. The van der Waals surface area contributed by atoms with Crippen molar-refractivity contribution < 1.29 is 4.79 Å². The lowest BCUT2D eigenvalue weighted by Crippen LogP contribution is -2.60. The summed E-state index contributed by atoms with van der Waals surface area (Å²) < 4.78 is 0. The number of anilines is 3. The minimum absolute atomic E-state index is 0.00104. The van der Waals surface area contributed by atoms with E-state index in [1.165, 1.54) is 6.33 Å². The molecule has 3 heterocycles. The SMILES string of the molecule is CC1(C)CC(Nc2ncnc(NNC(=O)c3ccccn3)c2N)CC(C)(C)N1. The van der Waals surface area contributed by atoms with Crippen LogP contribution in [0.3, 0.4) is 0 Å². The highest BCUT2D eigenvalue weighted by atomic mass is 16.2. The van der Waals surface area contributed by atoms with Crippen molar-refractivity contribution >= 4 is 23.2 Å². The van der Waals surface area contributed by atoms with Gasteiger partial charge in [-0.25, -0.2) is 9.97 Å². The topological polar surface area (TPSA) is 130 Å². The Morgan fingerprint density at radius 2 is 1.79 bits per heavy atom. The average molecular weight is 384 g/mol. The Morgan fingerprint density at radius 3 is 2.43 bits per heavy atom. The fraction of sp³-hybridized carbons (Fsp3) is 0.474. The molecule has 0 saturated carbocycles. The number of hydrogen-bond donors (Lipinski definition) is 5. The van der Waals surface area contributed by atoms with Gasteiger partial charge in [0.25, 0.3) is 5.91 Å². The molecule has 2 aromatic heterocycles. The van der Waals surface area contributed by atoms with Gasteiger partial charge in [0.2, 0.25) is 0 Å². The first-order valence-corrected chi connectivity index (χ1v) is 9.29. The van der Waals surface area contributed by atoms with Crippen LogP contribution in [0, 0.1) is 0 Å². The first-order valence-electron chi connectivity index (χ1n) is 9.29. The predicted octanol–water partition coefficient (Wildman–Crippen LogP) is 1.93. The molecule has 1 aliphatic rings. The lowest BCUT2D eigenvalue weighted by Gasteiger charge is -2.46. The molecule has 1 fully saturated rings. The summed E-state index contributed by atoms with van der Waals surface area (Å²) in [6.07, 6.45) is 4.82. The van der Waals surface area contributed by atoms with Gasteiger partial charge in [0, 0.05) is 23.3 Å². The number of hydrogen-bond acceptors (Lipinski definition) is 8. The third-order valence-electron chi connectivity index (χ3n) is 4.61. The second-order valence-electron chi connectivity index (χ2n) is 8.42. The van der Waals surface area contributed by atoms with E-state index in [4.69, 9.17) is 5.73 Å². The van der Waals surface area contributed by atoms with E-state index in [-0.39, 0.29) is 23.0 Å². The van der Waals surface area contributed by atoms with Crippen LogP contribution in [0.4, 0.5) is 17.3 Å².